The highest BCUT2D eigenvalue weighted by molar-refractivity contribution is 5.90. The predicted molar refractivity (Wildman–Crippen MR) is 115 cm³/mol. The Kier molecular flexibility index (Phi) is 7.87. The third-order valence-corrected chi connectivity index (χ3v) is 4.25. The maximum Gasteiger partial charge on any atom is 0.221 e. The molecule has 28 heavy (non-hydrogen) atoms. The van der Waals surface area contributed by atoms with Gasteiger partial charge in [-0.15, -0.1) is 0 Å². The van der Waals surface area contributed by atoms with E-state index in [1.807, 2.05) is 18.2 Å². The molecule has 0 bridgehead atoms. The van der Waals surface area contributed by atoms with Crippen LogP contribution in [0.1, 0.15) is 29.2 Å². The molecule has 0 spiro atoms. The van der Waals surface area contributed by atoms with Crippen molar-refractivity contribution in [3.8, 4) is 5.75 Å². The standard InChI is InChI=1S/C22H30N4O2/c1-15-10-16(2)12-18(11-15)8-9-24-22(23-4)25-14-19-6-7-21(28-5)20(13-19)26-17(3)27/h6-7,10-13H,8-9,14H2,1-5H3,(H,26,27)(H2,23,24,25). The number of rotatable bonds is 7. The fourth-order valence-corrected chi connectivity index (χ4v) is 3.10. The van der Waals surface area contributed by atoms with Crippen LogP contribution in [0.2, 0.25) is 0 Å². The maximum absolute atomic E-state index is 11.4. The lowest BCUT2D eigenvalue weighted by Gasteiger charge is -2.14. The molecule has 0 unspecified atom stereocenters. The van der Waals surface area contributed by atoms with Gasteiger partial charge in [0.15, 0.2) is 5.96 Å². The second kappa shape index (κ2) is 10.3. The molecular weight excluding hydrogens is 352 g/mol. The van der Waals surface area contributed by atoms with E-state index in [0.717, 1.165) is 24.5 Å². The molecule has 2 rings (SSSR count). The Morgan fingerprint density at radius 2 is 1.75 bits per heavy atom. The number of ether oxygens (including phenoxy) is 1. The summed E-state index contributed by atoms with van der Waals surface area (Å²) in [6, 6.07) is 12.3. The highest BCUT2D eigenvalue weighted by atomic mass is 16.5. The van der Waals surface area contributed by atoms with E-state index in [4.69, 9.17) is 4.74 Å². The van der Waals surface area contributed by atoms with Crippen LogP contribution >= 0.6 is 0 Å². The van der Waals surface area contributed by atoms with E-state index in [1.54, 1.807) is 14.2 Å². The van der Waals surface area contributed by atoms with Crippen LogP contribution in [0.3, 0.4) is 0 Å². The quantitative estimate of drug-likeness (QED) is 0.508. The maximum atomic E-state index is 11.4. The number of aryl methyl sites for hydroxylation is 2. The summed E-state index contributed by atoms with van der Waals surface area (Å²) >= 11 is 0. The summed E-state index contributed by atoms with van der Waals surface area (Å²) in [4.78, 5) is 15.6. The van der Waals surface area contributed by atoms with Gasteiger partial charge in [0.25, 0.3) is 0 Å². The number of anilines is 1. The number of nitrogens with one attached hydrogen (secondary N) is 3. The van der Waals surface area contributed by atoms with Crippen molar-refractivity contribution in [1.82, 2.24) is 10.6 Å². The van der Waals surface area contributed by atoms with Crippen molar-refractivity contribution in [2.45, 2.75) is 33.7 Å². The van der Waals surface area contributed by atoms with Crippen molar-refractivity contribution in [2.75, 3.05) is 26.0 Å². The number of hydrogen-bond acceptors (Lipinski definition) is 3. The molecular formula is C22H30N4O2. The molecule has 0 aliphatic heterocycles. The molecule has 0 aliphatic carbocycles. The van der Waals surface area contributed by atoms with Crippen molar-refractivity contribution in [2.24, 2.45) is 4.99 Å². The highest BCUT2D eigenvalue weighted by Gasteiger charge is 2.07. The first-order valence-corrected chi connectivity index (χ1v) is 9.37. The van der Waals surface area contributed by atoms with Crippen LogP contribution < -0.4 is 20.7 Å². The number of amides is 1. The van der Waals surface area contributed by atoms with Crippen LogP contribution in [-0.2, 0) is 17.8 Å². The minimum absolute atomic E-state index is 0.132. The van der Waals surface area contributed by atoms with Gasteiger partial charge in [-0.1, -0.05) is 35.4 Å². The molecule has 0 aliphatic rings. The Hall–Kier alpha value is -3.02. The van der Waals surface area contributed by atoms with Gasteiger partial charge in [-0.05, 0) is 43.5 Å². The first-order chi connectivity index (χ1) is 13.4. The average Bonchev–Trinajstić information content (AvgIpc) is 2.63. The van der Waals surface area contributed by atoms with E-state index in [-0.39, 0.29) is 5.91 Å². The molecule has 0 aromatic heterocycles. The van der Waals surface area contributed by atoms with Gasteiger partial charge in [-0.2, -0.15) is 0 Å². The zero-order valence-corrected chi connectivity index (χ0v) is 17.3. The summed E-state index contributed by atoms with van der Waals surface area (Å²) < 4.78 is 5.29. The van der Waals surface area contributed by atoms with Gasteiger partial charge in [0.1, 0.15) is 5.75 Å². The van der Waals surface area contributed by atoms with Crippen LogP contribution in [0.25, 0.3) is 0 Å². The molecule has 6 heteroatoms. The fraction of sp³-hybridized carbons (Fsp3) is 0.364. The van der Waals surface area contributed by atoms with E-state index < -0.39 is 0 Å². The van der Waals surface area contributed by atoms with Gasteiger partial charge < -0.3 is 20.7 Å². The summed E-state index contributed by atoms with van der Waals surface area (Å²) in [5, 5.41) is 9.43. The number of aliphatic imine (C=N–C) groups is 1. The van der Waals surface area contributed by atoms with Gasteiger partial charge in [-0.3, -0.25) is 9.79 Å². The largest absolute Gasteiger partial charge is 0.495 e. The number of carbonyl (C=O) groups excluding carboxylic acids is 1. The Labute approximate surface area is 167 Å². The van der Waals surface area contributed by atoms with Gasteiger partial charge in [0, 0.05) is 27.1 Å². The lowest BCUT2D eigenvalue weighted by atomic mass is 10.1. The van der Waals surface area contributed by atoms with E-state index in [9.17, 15) is 4.79 Å². The van der Waals surface area contributed by atoms with E-state index in [1.165, 1.54) is 23.6 Å². The number of benzene rings is 2. The molecule has 3 N–H and O–H groups in total. The van der Waals surface area contributed by atoms with Gasteiger partial charge in [0.2, 0.25) is 5.91 Å². The third-order valence-electron chi connectivity index (χ3n) is 4.25. The first kappa shape index (κ1) is 21.3. The molecule has 2 aromatic rings. The topological polar surface area (TPSA) is 74.8 Å². The molecule has 0 radical (unpaired) electrons. The minimum Gasteiger partial charge on any atom is -0.495 e. The molecule has 150 valence electrons. The summed E-state index contributed by atoms with van der Waals surface area (Å²) in [6.07, 6.45) is 0.929. The number of nitrogens with zero attached hydrogens (tertiary/aromatic N) is 1. The van der Waals surface area contributed by atoms with Crippen LogP contribution in [0.15, 0.2) is 41.4 Å². The van der Waals surface area contributed by atoms with E-state index in [2.05, 4.69) is 53.0 Å². The monoisotopic (exact) mass is 382 g/mol. The second-order valence-corrected chi connectivity index (χ2v) is 6.81. The Bertz CT molecular complexity index is 826. The normalized spacial score (nSPS) is 11.1. The van der Waals surface area contributed by atoms with E-state index in [0.29, 0.717) is 18.0 Å². The smallest absolute Gasteiger partial charge is 0.221 e. The highest BCUT2D eigenvalue weighted by Crippen LogP contribution is 2.25. The molecule has 1 amide bonds. The SMILES string of the molecule is CN=C(NCCc1cc(C)cc(C)c1)NCc1ccc(OC)c(NC(C)=O)c1. The van der Waals surface area contributed by atoms with Crippen molar-refractivity contribution in [3.63, 3.8) is 0 Å². The summed E-state index contributed by atoms with van der Waals surface area (Å²) in [7, 11) is 3.34. The third kappa shape index (κ3) is 6.61. The zero-order valence-electron chi connectivity index (χ0n) is 17.3. The van der Waals surface area contributed by atoms with Crippen LogP contribution in [0.4, 0.5) is 5.69 Å². The number of methoxy groups -OCH3 is 1. The molecule has 0 atom stereocenters. The molecule has 0 saturated heterocycles. The minimum atomic E-state index is -0.132. The summed E-state index contributed by atoms with van der Waals surface area (Å²) in [5.74, 6) is 1.24. The predicted octanol–water partition coefficient (Wildman–Crippen LogP) is 3.18. The molecule has 6 nitrogen and oxygen atoms in total. The number of guanidine groups is 1. The lowest BCUT2D eigenvalue weighted by Crippen LogP contribution is -2.37. The van der Waals surface area contributed by atoms with Crippen LogP contribution in [-0.4, -0.2) is 32.6 Å². The van der Waals surface area contributed by atoms with Crippen molar-refractivity contribution < 1.29 is 9.53 Å². The second-order valence-electron chi connectivity index (χ2n) is 6.81. The Balaban J connectivity index is 1.90. The first-order valence-electron chi connectivity index (χ1n) is 9.37. The average molecular weight is 383 g/mol. The van der Waals surface area contributed by atoms with Gasteiger partial charge in [0.05, 0.1) is 12.8 Å². The summed E-state index contributed by atoms with van der Waals surface area (Å²) in [5.41, 5.74) is 5.56. The van der Waals surface area contributed by atoms with Crippen molar-refractivity contribution >= 4 is 17.6 Å². The van der Waals surface area contributed by atoms with Crippen molar-refractivity contribution in [3.05, 3.63) is 58.7 Å². The van der Waals surface area contributed by atoms with Crippen molar-refractivity contribution in [1.29, 1.82) is 0 Å². The molecule has 2 aromatic carbocycles. The fourth-order valence-electron chi connectivity index (χ4n) is 3.10. The molecule has 0 heterocycles. The lowest BCUT2D eigenvalue weighted by molar-refractivity contribution is -0.114. The van der Waals surface area contributed by atoms with Gasteiger partial charge in [-0.25, -0.2) is 0 Å². The number of carbonyl (C=O) groups is 1. The van der Waals surface area contributed by atoms with Gasteiger partial charge >= 0.3 is 0 Å². The molecule has 0 saturated carbocycles. The van der Waals surface area contributed by atoms with Crippen LogP contribution in [0.5, 0.6) is 5.75 Å². The Morgan fingerprint density at radius 1 is 1.04 bits per heavy atom. The Morgan fingerprint density at radius 3 is 2.36 bits per heavy atom. The van der Waals surface area contributed by atoms with Crippen LogP contribution in [0, 0.1) is 13.8 Å². The molecule has 0 fully saturated rings. The van der Waals surface area contributed by atoms with E-state index >= 15 is 0 Å². The zero-order chi connectivity index (χ0) is 20.5. The summed E-state index contributed by atoms with van der Waals surface area (Å²) in [6.45, 7) is 7.09. The number of hydrogen-bond donors (Lipinski definition) is 3.